The summed E-state index contributed by atoms with van der Waals surface area (Å²) in [5, 5.41) is 8.59. The summed E-state index contributed by atoms with van der Waals surface area (Å²) in [6.45, 7) is 4.43. The maximum atomic E-state index is 12.8. The molecule has 0 radical (unpaired) electrons. The van der Waals surface area contributed by atoms with Gasteiger partial charge in [-0.25, -0.2) is 4.79 Å². The minimum atomic E-state index is -0.323. The molecule has 34 heavy (non-hydrogen) atoms. The molecule has 7 heteroatoms. The first kappa shape index (κ1) is 23.0. The molecule has 0 fully saturated rings. The number of para-hydroxylation sites is 1. The number of urea groups is 1. The summed E-state index contributed by atoms with van der Waals surface area (Å²) >= 11 is 0. The number of benzene rings is 3. The lowest BCUT2D eigenvalue weighted by molar-refractivity contribution is -0.118. The van der Waals surface area contributed by atoms with E-state index >= 15 is 0 Å². The standard InChI is InChI=1S/C27H28N4O3/c1-3-25(32)31-16-15-20-17-21(11-14-24(20)31)26(33)28-18(2)19-9-12-23(13-10-19)30-27(34)29-22-7-5-4-6-8-22/h4-14,17-18H,3,15-16H2,1-2H3,(H,28,33)(H2,29,30,34). The number of hydrogen-bond donors (Lipinski definition) is 3. The van der Waals surface area contributed by atoms with Gasteiger partial charge in [-0.1, -0.05) is 37.3 Å². The number of rotatable bonds is 6. The molecule has 0 aliphatic carbocycles. The Morgan fingerprint density at radius 3 is 2.26 bits per heavy atom. The highest BCUT2D eigenvalue weighted by molar-refractivity contribution is 6.00. The summed E-state index contributed by atoms with van der Waals surface area (Å²) in [5.41, 5.74) is 4.78. The van der Waals surface area contributed by atoms with Crippen LogP contribution in [0.4, 0.5) is 21.9 Å². The van der Waals surface area contributed by atoms with E-state index in [0.29, 0.717) is 29.9 Å². The summed E-state index contributed by atoms with van der Waals surface area (Å²) in [6.07, 6.45) is 1.22. The molecule has 174 valence electrons. The average molecular weight is 457 g/mol. The van der Waals surface area contributed by atoms with Crippen molar-refractivity contribution < 1.29 is 14.4 Å². The Bertz CT molecular complexity index is 1190. The largest absolute Gasteiger partial charge is 0.346 e. The minimum absolute atomic E-state index is 0.0973. The SMILES string of the molecule is CCC(=O)N1CCc2cc(C(=O)NC(C)c3ccc(NC(=O)Nc4ccccc4)cc3)ccc21. The van der Waals surface area contributed by atoms with Gasteiger partial charge in [-0.15, -0.1) is 0 Å². The van der Waals surface area contributed by atoms with Crippen molar-refractivity contribution in [1.29, 1.82) is 0 Å². The quantitative estimate of drug-likeness (QED) is 0.481. The van der Waals surface area contributed by atoms with Gasteiger partial charge < -0.3 is 20.9 Å². The molecule has 3 aromatic rings. The number of hydrogen-bond acceptors (Lipinski definition) is 3. The molecule has 1 unspecified atom stereocenters. The van der Waals surface area contributed by atoms with E-state index in [9.17, 15) is 14.4 Å². The molecule has 1 aliphatic rings. The lowest BCUT2D eigenvalue weighted by Crippen LogP contribution is -2.28. The van der Waals surface area contributed by atoms with Crippen LogP contribution in [-0.4, -0.2) is 24.4 Å². The van der Waals surface area contributed by atoms with Crippen LogP contribution in [0.1, 0.15) is 47.8 Å². The van der Waals surface area contributed by atoms with Crippen LogP contribution >= 0.6 is 0 Å². The van der Waals surface area contributed by atoms with Crippen molar-refractivity contribution in [2.45, 2.75) is 32.7 Å². The van der Waals surface area contributed by atoms with Gasteiger partial charge in [-0.3, -0.25) is 9.59 Å². The van der Waals surface area contributed by atoms with E-state index in [1.807, 2.05) is 68.4 Å². The second-order valence-corrected chi connectivity index (χ2v) is 8.25. The highest BCUT2D eigenvalue weighted by atomic mass is 16.2. The van der Waals surface area contributed by atoms with Crippen molar-refractivity contribution in [3.05, 3.63) is 89.5 Å². The van der Waals surface area contributed by atoms with E-state index in [1.54, 1.807) is 23.1 Å². The van der Waals surface area contributed by atoms with Crippen LogP contribution in [0.5, 0.6) is 0 Å². The topological polar surface area (TPSA) is 90.5 Å². The zero-order valence-corrected chi connectivity index (χ0v) is 19.3. The monoisotopic (exact) mass is 456 g/mol. The Kier molecular flexibility index (Phi) is 6.92. The smallest absolute Gasteiger partial charge is 0.323 e. The summed E-state index contributed by atoms with van der Waals surface area (Å²) in [6, 6.07) is 21.5. The lowest BCUT2D eigenvalue weighted by atomic mass is 10.1. The molecule has 3 aromatic carbocycles. The van der Waals surface area contributed by atoms with Crippen molar-refractivity contribution in [3.63, 3.8) is 0 Å². The molecule has 0 aromatic heterocycles. The first-order valence-electron chi connectivity index (χ1n) is 11.4. The van der Waals surface area contributed by atoms with Crippen LogP contribution in [0, 0.1) is 0 Å². The third kappa shape index (κ3) is 5.26. The van der Waals surface area contributed by atoms with Crippen LogP contribution in [0.3, 0.4) is 0 Å². The average Bonchev–Trinajstić information content (AvgIpc) is 3.28. The number of nitrogens with one attached hydrogen (secondary N) is 3. The molecule has 4 amide bonds. The fourth-order valence-corrected chi connectivity index (χ4v) is 4.03. The van der Waals surface area contributed by atoms with Gasteiger partial charge in [0.2, 0.25) is 5.91 Å². The van der Waals surface area contributed by atoms with Crippen LogP contribution in [-0.2, 0) is 11.2 Å². The highest BCUT2D eigenvalue weighted by Crippen LogP contribution is 2.29. The van der Waals surface area contributed by atoms with E-state index in [-0.39, 0.29) is 23.9 Å². The van der Waals surface area contributed by atoms with E-state index in [2.05, 4.69) is 16.0 Å². The van der Waals surface area contributed by atoms with E-state index in [4.69, 9.17) is 0 Å². The molecule has 4 rings (SSSR count). The predicted molar refractivity (Wildman–Crippen MR) is 134 cm³/mol. The van der Waals surface area contributed by atoms with E-state index in [1.165, 1.54) is 0 Å². The third-order valence-electron chi connectivity index (χ3n) is 5.89. The van der Waals surface area contributed by atoms with Gasteiger partial charge in [0.05, 0.1) is 6.04 Å². The Balaban J connectivity index is 1.34. The molecule has 1 atom stereocenters. The molecular weight excluding hydrogens is 428 g/mol. The van der Waals surface area contributed by atoms with Gasteiger partial charge in [0.25, 0.3) is 5.91 Å². The molecule has 7 nitrogen and oxygen atoms in total. The maximum absolute atomic E-state index is 12.8. The molecule has 0 bridgehead atoms. The number of fused-ring (bicyclic) bond motifs is 1. The van der Waals surface area contributed by atoms with Gasteiger partial charge in [-0.2, -0.15) is 0 Å². The summed E-state index contributed by atoms with van der Waals surface area (Å²) in [5.74, 6) is -0.0694. The molecule has 0 saturated heterocycles. The normalized spacial score (nSPS) is 13.1. The molecule has 1 aliphatic heterocycles. The van der Waals surface area contributed by atoms with Crippen LogP contribution in [0.2, 0.25) is 0 Å². The predicted octanol–water partition coefficient (Wildman–Crippen LogP) is 5.12. The second kappa shape index (κ2) is 10.2. The van der Waals surface area contributed by atoms with E-state index < -0.39 is 0 Å². The first-order chi connectivity index (χ1) is 16.4. The second-order valence-electron chi connectivity index (χ2n) is 8.25. The maximum Gasteiger partial charge on any atom is 0.323 e. The Labute approximate surface area is 199 Å². The molecule has 1 heterocycles. The van der Waals surface area contributed by atoms with Crippen molar-refractivity contribution in [2.75, 3.05) is 22.1 Å². The van der Waals surface area contributed by atoms with Crippen LogP contribution < -0.4 is 20.9 Å². The number of carbonyl (C=O) groups is 3. The van der Waals surface area contributed by atoms with Gasteiger partial charge in [0.1, 0.15) is 0 Å². The fourth-order valence-electron chi connectivity index (χ4n) is 4.03. The van der Waals surface area contributed by atoms with E-state index in [0.717, 1.165) is 23.2 Å². The van der Waals surface area contributed by atoms with Crippen molar-refractivity contribution in [2.24, 2.45) is 0 Å². The fraction of sp³-hybridized carbons (Fsp3) is 0.222. The minimum Gasteiger partial charge on any atom is -0.346 e. The Hall–Kier alpha value is -4.13. The lowest BCUT2D eigenvalue weighted by Gasteiger charge is -2.17. The van der Waals surface area contributed by atoms with Crippen molar-refractivity contribution >= 4 is 34.9 Å². The molecule has 0 spiro atoms. The number of amides is 4. The summed E-state index contributed by atoms with van der Waals surface area (Å²) < 4.78 is 0. The summed E-state index contributed by atoms with van der Waals surface area (Å²) in [4.78, 5) is 38.9. The van der Waals surface area contributed by atoms with Gasteiger partial charge in [0, 0.05) is 35.6 Å². The summed E-state index contributed by atoms with van der Waals surface area (Å²) in [7, 11) is 0. The molecule has 0 saturated carbocycles. The highest BCUT2D eigenvalue weighted by Gasteiger charge is 2.24. The van der Waals surface area contributed by atoms with Gasteiger partial charge in [-0.05, 0) is 66.9 Å². The zero-order chi connectivity index (χ0) is 24.1. The zero-order valence-electron chi connectivity index (χ0n) is 19.3. The Morgan fingerprint density at radius 2 is 1.59 bits per heavy atom. The third-order valence-corrected chi connectivity index (χ3v) is 5.89. The van der Waals surface area contributed by atoms with Crippen LogP contribution in [0.25, 0.3) is 0 Å². The first-order valence-corrected chi connectivity index (χ1v) is 11.4. The Morgan fingerprint density at radius 1 is 0.912 bits per heavy atom. The van der Waals surface area contributed by atoms with Crippen molar-refractivity contribution in [3.8, 4) is 0 Å². The van der Waals surface area contributed by atoms with Gasteiger partial charge >= 0.3 is 6.03 Å². The van der Waals surface area contributed by atoms with Gasteiger partial charge in [0.15, 0.2) is 0 Å². The number of nitrogens with zero attached hydrogens (tertiary/aromatic N) is 1. The molecular formula is C27H28N4O3. The molecule has 3 N–H and O–H groups in total. The number of anilines is 3. The van der Waals surface area contributed by atoms with Crippen LogP contribution in [0.15, 0.2) is 72.8 Å². The van der Waals surface area contributed by atoms with Crippen molar-refractivity contribution in [1.82, 2.24) is 5.32 Å². The number of carbonyl (C=O) groups excluding carboxylic acids is 3.